The zero-order valence-electron chi connectivity index (χ0n) is 21.3. The highest BCUT2D eigenvalue weighted by Gasteiger charge is 2.11. The van der Waals surface area contributed by atoms with Gasteiger partial charge in [-0.05, 0) is 12.8 Å². The molecule has 0 amide bonds. The maximum atomic E-state index is 11.8. The van der Waals surface area contributed by atoms with E-state index in [0.717, 1.165) is 25.7 Å². The molecule has 32 heavy (non-hydrogen) atoms. The largest absolute Gasteiger partial charge is 0.464 e. The van der Waals surface area contributed by atoms with Gasteiger partial charge in [0, 0.05) is 12.8 Å². The van der Waals surface area contributed by atoms with E-state index in [1.807, 2.05) is 0 Å². The van der Waals surface area contributed by atoms with Crippen LogP contribution in [0.15, 0.2) is 0 Å². The zero-order valence-corrected chi connectivity index (χ0v) is 21.3. The average Bonchev–Trinajstić information content (AvgIpc) is 2.79. The fourth-order valence-corrected chi connectivity index (χ4v) is 3.75. The number of carbonyl (C=O) groups excluding carboxylic acids is 2. The Labute approximate surface area is 198 Å². The molecule has 0 radical (unpaired) electrons. The molecule has 0 saturated heterocycles. The summed E-state index contributed by atoms with van der Waals surface area (Å²) in [5, 5.41) is 0. The van der Waals surface area contributed by atoms with Gasteiger partial charge in [0.25, 0.3) is 0 Å². The fourth-order valence-electron chi connectivity index (χ4n) is 3.75. The number of carbonyl (C=O) groups is 2. The van der Waals surface area contributed by atoms with Gasteiger partial charge < -0.3 is 15.2 Å². The minimum Gasteiger partial charge on any atom is -0.464 e. The van der Waals surface area contributed by atoms with Crippen molar-refractivity contribution in [2.75, 3.05) is 13.2 Å². The van der Waals surface area contributed by atoms with Crippen LogP contribution in [0.4, 0.5) is 0 Å². The lowest BCUT2D eigenvalue weighted by Crippen LogP contribution is -2.33. The highest BCUT2D eigenvalue weighted by Crippen LogP contribution is 2.12. The third-order valence-electron chi connectivity index (χ3n) is 5.89. The maximum Gasteiger partial charge on any atom is 0.305 e. The molecule has 0 aliphatic carbocycles. The number of hydrogen-bond acceptors (Lipinski definition) is 5. The van der Waals surface area contributed by atoms with Gasteiger partial charge in [-0.15, -0.1) is 0 Å². The molecule has 0 rings (SSSR count). The van der Waals surface area contributed by atoms with Gasteiger partial charge in [-0.25, -0.2) is 0 Å². The van der Waals surface area contributed by atoms with Crippen LogP contribution in [0, 0.1) is 0 Å². The monoisotopic (exact) mass is 455 g/mol. The predicted molar refractivity (Wildman–Crippen MR) is 134 cm³/mol. The summed E-state index contributed by atoms with van der Waals surface area (Å²) in [7, 11) is 0. The van der Waals surface area contributed by atoms with Crippen LogP contribution in [0.5, 0.6) is 0 Å². The topological polar surface area (TPSA) is 78.6 Å². The Hall–Kier alpha value is -1.10. The average molecular weight is 456 g/mol. The van der Waals surface area contributed by atoms with Crippen LogP contribution in [0.25, 0.3) is 0 Å². The number of ether oxygens (including phenoxy) is 2. The van der Waals surface area contributed by atoms with E-state index >= 15 is 0 Å². The highest BCUT2D eigenvalue weighted by molar-refractivity contribution is 5.69. The summed E-state index contributed by atoms with van der Waals surface area (Å²) in [6, 6.07) is -0.450. The molecule has 2 N–H and O–H groups in total. The first-order valence-corrected chi connectivity index (χ1v) is 13.7. The molecule has 0 spiro atoms. The fraction of sp³-hybridized carbons (Fsp3) is 0.926. The van der Waals surface area contributed by atoms with E-state index in [2.05, 4.69) is 13.8 Å². The lowest BCUT2D eigenvalue weighted by molar-refractivity contribution is -0.147. The Bertz CT molecular complexity index is 390. The molecule has 0 unspecified atom stereocenters. The Balaban J connectivity index is 3.45. The van der Waals surface area contributed by atoms with E-state index in [9.17, 15) is 9.59 Å². The molecule has 0 aromatic heterocycles. The van der Waals surface area contributed by atoms with Crippen LogP contribution in [0.3, 0.4) is 0 Å². The Morgan fingerprint density at radius 3 is 1.12 bits per heavy atom. The summed E-state index contributed by atoms with van der Waals surface area (Å²) in [5.41, 5.74) is 5.90. The van der Waals surface area contributed by atoms with E-state index in [4.69, 9.17) is 15.2 Å². The highest BCUT2D eigenvalue weighted by atomic mass is 16.5. The van der Waals surface area contributed by atoms with Gasteiger partial charge in [0.05, 0.1) is 6.04 Å². The normalized spacial score (nSPS) is 11.1. The standard InChI is InChI=1S/C27H53NO4/c1-3-5-7-9-11-13-15-17-19-21-26(29)31-23-25(28)24-32-27(30)22-20-18-16-14-12-10-8-6-4-2/h25H,3-24,28H2,1-2H3. The van der Waals surface area contributed by atoms with Gasteiger partial charge in [0.2, 0.25) is 0 Å². The van der Waals surface area contributed by atoms with Crippen LogP contribution in [-0.4, -0.2) is 31.2 Å². The molecule has 5 heteroatoms. The van der Waals surface area contributed by atoms with Crippen molar-refractivity contribution < 1.29 is 19.1 Å². The molecule has 190 valence electrons. The molecule has 5 nitrogen and oxygen atoms in total. The van der Waals surface area contributed by atoms with Gasteiger partial charge in [-0.2, -0.15) is 0 Å². The maximum absolute atomic E-state index is 11.8. The second-order valence-corrected chi connectivity index (χ2v) is 9.28. The molecule has 0 fully saturated rings. The number of esters is 2. The second kappa shape index (κ2) is 24.5. The lowest BCUT2D eigenvalue weighted by atomic mass is 10.1. The van der Waals surface area contributed by atoms with Crippen LogP contribution < -0.4 is 5.73 Å². The summed E-state index contributed by atoms with van der Waals surface area (Å²) in [6.45, 7) is 4.69. The van der Waals surface area contributed by atoms with Crippen molar-refractivity contribution in [2.45, 2.75) is 148 Å². The van der Waals surface area contributed by atoms with Crippen LogP contribution >= 0.6 is 0 Å². The summed E-state index contributed by atoms with van der Waals surface area (Å²) >= 11 is 0. The van der Waals surface area contributed by atoms with Crippen molar-refractivity contribution >= 4 is 11.9 Å². The molecule has 0 saturated carbocycles. The molecule has 0 aromatic carbocycles. The third-order valence-corrected chi connectivity index (χ3v) is 5.89. The first-order valence-electron chi connectivity index (χ1n) is 13.7. The summed E-state index contributed by atoms with van der Waals surface area (Å²) < 4.78 is 10.4. The van der Waals surface area contributed by atoms with E-state index in [1.54, 1.807) is 0 Å². The SMILES string of the molecule is CCCCCCCCCCCC(=O)OCC(N)COC(=O)CCCCCCCCCCC. The third kappa shape index (κ3) is 23.6. The van der Waals surface area contributed by atoms with Crippen LogP contribution in [-0.2, 0) is 19.1 Å². The summed E-state index contributed by atoms with van der Waals surface area (Å²) in [6.07, 6.45) is 22.9. The Kier molecular flexibility index (Phi) is 23.7. The molecule has 0 bridgehead atoms. The summed E-state index contributed by atoms with van der Waals surface area (Å²) in [4.78, 5) is 23.6. The molecule has 0 aliphatic rings. The van der Waals surface area contributed by atoms with Gasteiger partial charge in [0.15, 0.2) is 0 Å². The number of nitrogens with two attached hydrogens (primary N) is 1. The lowest BCUT2D eigenvalue weighted by Gasteiger charge is -2.13. The first-order chi connectivity index (χ1) is 15.6. The van der Waals surface area contributed by atoms with Gasteiger partial charge in [0.1, 0.15) is 13.2 Å². The number of unbranched alkanes of at least 4 members (excludes halogenated alkanes) is 16. The van der Waals surface area contributed by atoms with Crippen molar-refractivity contribution in [3.63, 3.8) is 0 Å². The second-order valence-electron chi connectivity index (χ2n) is 9.28. The summed E-state index contributed by atoms with van der Waals surface area (Å²) in [5.74, 6) is -0.408. The minimum absolute atomic E-state index is 0.113. The molecular formula is C27H53NO4. The smallest absolute Gasteiger partial charge is 0.305 e. The quantitative estimate of drug-likeness (QED) is 0.122. The van der Waals surface area contributed by atoms with Crippen LogP contribution in [0.2, 0.25) is 0 Å². The van der Waals surface area contributed by atoms with E-state index in [0.29, 0.717) is 12.8 Å². The van der Waals surface area contributed by atoms with Gasteiger partial charge in [-0.1, -0.05) is 117 Å². The van der Waals surface area contributed by atoms with E-state index in [-0.39, 0.29) is 25.2 Å². The van der Waals surface area contributed by atoms with Crippen molar-refractivity contribution in [3.05, 3.63) is 0 Å². The molecule has 0 aliphatic heterocycles. The number of rotatable bonds is 24. The number of hydrogen-bond donors (Lipinski definition) is 1. The predicted octanol–water partition coefficient (Wildman–Crippen LogP) is 7.24. The van der Waals surface area contributed by atoms with Crippen LogP contribution in [0.1, 0.15) is 142 Å². The van der Waals surface area contributed by atoms with Crippen molar-refractivity contribution in [1.29, 1.82) is 0 Å². The first kappa shape index (κ1) is 30.9. The Morgan fingerprint density at radius 1 is 0.531 bits per heavy atom. The van der Waals surface area contributed by atoms with Gasteiger partial charge in [-0.3, -0.25) is 9.59 Å². The Morgan fingerprint density at radius 2 is 0.812 bits per heavy atom. The van der Waals surface area contributed by atoms with Gasteiger partial charge >= 0.3 is 11.9 Å². The van der Waals surface area contributed by atoms with E-state index < -0.39 is 6.04 Å². The van der Waals surface area contributed by atoms with Crippen molar-refractivity contribution in [2.24, 2.45) is 5.73 Å². The zero-order chi connectivity index (χ0) is 23.7. The van der Waals surface area contributed by atoms with E-state index in [1.165, 1.54) is 89.9 Å². The van der Waals surface area contributed by atoms with Crippen molar-refractivity contribution in [1.82, 2.24) is 0 Å². The molecular weight excluding hydrogens is 402 g/mol. The van der Waals surface area contributed by atoms with Crippen molar-refractivity contribution in [3.8, 4) is 0 Å². The molecule has 0 atom stereocenters. The molecule has 0 heterocycles. The molecule has 0 aromatic rings. The minimum atomic E-state index is -0.450.